The van der Waals surface area contributed by atoms with Gasteiger partial charge < -0.3 is 4.42 Å². The number of H-pyrrole nitrogens is 1. The average molecular weight is 185 g/mol. The van der Waals surface area contributed by atoms with Crippen LogP contribution in [-0.4, -0.2) is 15.2 Å². The first kappa shape index (κ1) is 7.32. The molecule has 0 fully saturated rings. The van der Waals surface area contributed by atoms with E-state index in [0.29, 0.717) is 5.89 Å². The molecule has 0 saturated carbocycles. The number of hydrogen-bond acceptors (Lipinski definition) is 3. The first-order chi connectivity index (χ1) is 6.95. The van der Waals surface area contributed by atoms with Crippen LogP contribution in [0.4, 0.5) is 0 Å². The summed E-state index contributed by atoms with van der Waals surface area (Å²) in [4.78, 5) is 4.06. The van der Waals surface area contributed by atoms with Crippen LogP contribution >= 0.6 is 0 Å². The molecule has 68 valence electrons. The van der Waals surface area contributed by atoms with Crippen LogP contribution in [0.1, 0.15) is 0 Å². The zero-order chi connectivity index (χ0) is 9.38. The molecule has 14 heavy (non-hydrogen) atoms. The molecule has 0 aliphatic carbocycles. The number of hydrogen-bond donors (Lipinski definition) is 1. The minimum absolute atomic E-state index is 0.544. The maximum atomic E-state index is 5.19. The van der Waals surface area contributed by atoms with Crippen molar-refractivity contribution in [3.8, 4) is 11.6 Å². The number of nitrogens with zero attached hydrogens (tertiary/aromatic N) is 2. The van der Waals surface area contributed by atoms with E-state index in [4.69, 9.17) is 4.42 Å². The molecule has 3 aromatic rings. The summed E-state index contributed by atoms with van der Waals surface area (Å²) in [6, 6.07) is 7.87. The van der Waals surface area contributed by atoms with Crippen molar-refractivity contribution in [2.75, 3.05) is 0 Å². The Morgan fingerprint density at radius 2 is 2.14 bits per heavy atom. The molecular formula is C10H7N3O. The quantitative estimate of drug-likeness (QED) is 0.632. The van der Waals surface area contributed by atoms with E-state index in [1.807, 2.05) is 24.3 Å². The SMILES string of the molecule is c1ccc2c(-c3ncco3)n[nH]c2c1. The summed E-state index contributed by atoms with van der Waals surface area (Å²) in [5.41, 5.74) is 1.74. The molecule has 0 aliphatic rings. The van der Waals surface area contributed by atoms with Crippen LogP contribution in [0, 0.1) is 0 Å². The lowest BCUT2D eigenvalue weighted by molar-refractivity contribution is 0.572. The van der Waals surface area contributed by atoms with E-state index in [1.54, 1.807) is 12.5 Å². The Hall–Kier alpha value is -2.10. The van der Waals surface area contributed by atoms with E-state index in [0.717, 1.165) is 16.6 Å². The van der Waals surface area contributed by atoms with Gasteiger partial charge in [0.25, 0.3) is 0 Å². The van der Waals surface area contributed by atoms with Crippen LogP contribution in [0.3, 0.4) is 0 Å². The standard InChI is InChI=1S/C10H7N3O/c1-2-4-8-7(3-1)9(13-12-8)10-11-5-6-14-10/h1-6H,(H,12,13). The van der Waals surface area contributed by atoms with Crippen molar-refractivity contribution in [2.24, 2.45) is 0 Å². The van der Waals surface area contributed by atoms with Crippen LogP contribution in [0.15, 0.2) is 41.1 Å². The smallest absolute Gasteiger partial charge is 0.247 e. The molecule has 0 amide bonds. The molecule has 2 heterocycles. The summed E-state index contributed by atoms with van der Waals surface area (Å²) in [5, 5.41) is 8.11. The second kappa shape index (κ2) is 2.70. The summed E-state index contributed by atoms with van der Waals surface area (Å²) < 4.78 is 5.19. The molecule has 0 radical (unpaired) electrons. The van der Waals surface area contributed by atoms with Gasteiger partial charge in [-0.05, 0) is 6.07 Å². The molecule has 3 rings (SSSR count). The lowest BCUT2D eigenvalue weighted by Crippen LogP contribution is -1.76. The van der Waals surface area contributed by atoms with Gasteiger partial charge in [0.2, 0.25) is 5.89 Å². The van der Waals surface area contributed by atoms with Crippen LogP contribution in [0.25, 0.3) is 22.5 Å². The zero-order valence-electron chi connectivity index (χ0n) is 7.27. The average Bonchev–Trinajstić information content (AvgIpc) is 2.85. The second-order valence-corrected chi connectivity index (χ2v) is 2.96. The number of oxazole rings is 1. The van der Waals surface area contributed by atoms with Crippen LogP contribution in [-0.2, 0) is 0 Å². The Labute approximate surface area is 79.6 Å². The topological polar surface area (TPSA) is 54.7 Å². The molecule has 2 aromatic heterocycles. The molecule has 0 spiro atoms. The summed E-state index contributed by atoms with van der Waals surface area (Å²) in [6.07, 6.45) is 3.15. The van der Waals surface area contributed by atoms with E-state index in [-0.39, 0.29) is 0 Å². The fourth-order valence-corrected chi connectivity index (χ4v) is 1.47. The van der Waals surface area contributed by atoms with Gasteiger partial charge in [0.15, 0.2) is 5.69 Å². The van der Waals surface area contributed by atoms with E-state index in [2.05, 4.69) is 15.2 Å². The Balaban J connectivity index is 2.33. The normalized spacial score (nSPS) is 10.9. The molecule has 0 atom stereocenters. The van der Waals surface area contributed by atoms with Crippen molar-refractivity contribution in [3.05, 3.63) is 36.7 Å². The van der Waals surface area contributed by atoms with Gasteiger partial charge in [-0.2, -0.15) is 5.10 Å². The Morgan fingerprint density at radius 3 is 3.00 bits per heavy atom. The highest BCUT2D eigenvalue weighted by Crippen LogP contribution is 2.23. The number of fused-ring (bicyclic) bond motifs is 1. The third kappa shape index (κ3) is 0.939. The van der Waals surface area contributed by atoms with Gasteiger partial charge in [-0.3, -0.25) is 5.10 Å². The van der Waals surface area contributed by atoms with E-state index >= 15 is 0 Å². The van der Waals surface area contributed by atoms with Gasteiger partial charge in [-0.25, -0.2) is 4.98 Å². The van der Waals surface area contributed by atoms with Gasteiger partial charge >= 0.3 is 0 Å². The van der Waals surface area contributed by atoms with Crippen LogP contribution in [0.2, 0.25) is 0 Å². The molecule has 1 N–H and O–H groups in total. The van der Waals surface area contributed by atoms with Crippen molar-refractivity contribution in [1.82, 2.24) is 15.2 Å². The number of aromatic amines is 1. The first-order valence-electron chi connectivity index (χ1n) is 4.28. The third-order valence-electron chi connectivity index (χ3n) is 2.11. The predicted molar refractivity (Wildman–Crippen MR) is 51.6 cm³/mol. The molecule has 0 saturated heterocycles. The third-order valence-corrected chi connectivity index (χ3v) is 2.11. The molecule has 0 aliphatic heterocycles. The van der Waals surface area contributed by atoms with Crippen molar-refractivity contribution >= 4 is 10.9 Å². The molecule has 0 unspecified atom stereocenters. The number of rotatable bonds is 1. The van der Waals surface area contributed by atoms with E-state index in [1.165, 1.54) is 0 Å². The molecule has 0 bridgehead atoms. The van der Waals surface area contributed by atoms with Gasteiger partial charge in [-0.1, -0.05) is 18.2 Å². The summed E-state index contributed by atoms with van der Waals surface area (Å²) >= 11 is 0. The molecule has 1 aromatic carbocycles. The van der Waals surface area contributed by atoms with E-state index < -0.39 is 0 Å². The maximum absolute atomic E-state index is 5.19. The lowest BCUT2D eigenvalue weighted by Gasteiger charge is -1.89. The van der Waals surface area contributed by atoms with Gasteiger partial charge in [0.05, 0.1) is 11.7 Å². The molecule has 4 nitrogen and oxygen atoms in total. The summed E-state index contributed by atoms with van der Waals surface area (Å²) in [7, 11) is 0. The van der Waals surface area contributed by atoms with E-state index in [9.17, 15) is 0 Å². The minimum Gasteiger partial charge on any atom is -0.443 e. The Bertz CT molecular complexity index is 554. The number of aromatic nitrogens is 3. The first-order valence-corrected chi connectivity index (χ1v) is 4.28. The van der Waals surface area contributed by atoms with Crippen molar-refractivity contribution in [2.45, 2.75) is 0 Å². The second-order valence-electron chi connectivity index (χ2n) is 2.96. The van der Waals surface area contributed by atoms with Gasteiger partial charge in [0, 0.05) is 5.39 Å². The number of nitrogens with one attached hydrogen (secondary N) is 1. The van der Waals surface area contributed by atoms with Gasteiger partial charge in [-0.15, -0.1) is 0 Å². The van der Waals surface area contributed by atoms with Gasteiger partial charge in [0.1, 0.15) is 6.26 Å². The maximum Gasteiger partial charge on any atom is 0.247 e. The highest BCUT2D eigenvalue weighted by atomic mass is 16.3. The van der Waals surface area contributed by atoms with Crippen LogP contribution < -0.4 is 0 Å². The molecular weight excluding hydrogens is 178 g/mol. The fraction of sp³-hybridized carbons (Fsp3) is 0. The zero-order valence-corrected chi connectivity index (χ0v) is 7.27. The lowest BCUT2D eigenvalue weighted by atomic mass is 10.2. The predicted octanol–water partition coefficient (Wildman–Crippen LogP) is 2.22. The molecule has 4 heteroatoms. The fourth-order valence-electron chi connectivity index (χ4n) is 1.47. The number of para-hydroxylation sites is 1. The summed E-state index contributed by atoms with van der Waals surface area (Å²) in [5.74, 6) is 0.544. The highest BCUT2D eigenvalue weighted by Gasteiger charge is 2.10. The van der Waals surface area contributed by atoms with Crippen molar-refractivity contribution in [3.63, 3.8) is 0 Å². The Kier molecular flexibility index (Phi) is 1.41. The largest absolute Gasteiger partial charge is 0.443 e. The monoisotopic (exact) mass is 185 g/mol. The van der Waals surface area contributed by atoms with Crippen LogP contribution in [0.5, 0.6) is 0 Å². The number of benzene rings is 1. The summed E-state index contributed by atoms with van der Waals surface area (Å²) in [6.45, 7) is 0. The van der Waals surface area contributed by atoms with Crippen molar-refractivity contribution < 1.29 is 4.42 Å². The Morgan fingerprint density at radius 1 is 1.21 bits per heavy atom. The minimum atomic E-state index is 0.544. The highest BCUT2D eigenvalue weighted by molar-refractivity contribution is 5.90. The van der Waals surface area contributed by atoms with Crippen molar-refractivity contribution in [1.29, 1.82) is 0 Å².